The molecule has 0 bridgehead atoms. The van der Waals surface area contributed by atoms with Crippen molar-refractivity contribution in [2.75, 3.05) is 17.7 Å². The summed E-state index contributed by atoms with van der Waals surface area (Å²) in [7, 11) is 0. The van der Waals surface area contributed by atoms with Crippen LogP contribution in [0.25, 0.3) is 0 Å². The molecule has 1 aliphatic rings. The minimum absolute atomic E-state index is 0.110. The molecule has 112 valence electrons. The lowest BCUT2D eigenvalue weighted by Crippen LogP contribution is -2.27. The van der Waals surface area contributed by atoms with Gasteiger partial charge < -0.3 is 10.1 Å². The van der Waals surface area contributed by atoms with Crippen molar-refractivity contribution >= 4 is 17.4 Å². The zero-order valence-corrected chi connectivity index (χ0v) is 13.1. The summed E-state index contributed by atoms with van der Waals surface area (Å²) < 4.78 is 5.55. The molecular weight excluding hydrogens is 274 g/mol. The van der Waals surface area contributed by atoms with Gasteiger partial charge in [-0.2, -0.15) is 4.98 Å². The topological polar surface area (TPSA) is 47.0 Å². The number of hydrogen-bond acceptors (Lipinski definition) is 4. The first kappa shape index (κ1) is 15.4. The lowest BCUT2D eigenvalue weighted by Gasteiger charge is -2.30. The van der Waals surface area contributed by atoms with Crippen LogP contribution in [-0.2, 0) is 0 Å². The molecule has 1 fully saturated rings. The van der Waals surface area contributed by atoms with Gasteiger partial charge in [-0.25, -0.2) is 0 Å². The standard InChI is InChI=1S/C15H24ClN3O/c1-11(2)20-15-10-17-9-14(19-15)18-8-13-6-4-3-5-12(13)7-16/h9-13H,3-8H2,1-2H3,(H,18,19). The zero-order chi connectivity index (χ0) is 14.4. The van der Waals surface area contributed by atoms with Crippen LogP contribution in [0.4, 0.5) is 5.82 Å². The van der Waals surface area contributed by atoms with Gasteiger partial charge in [-0.1, -0.05) is 12.8 Å². The summed E-state index contributed by atoms with van der Waals surface area (Å²) in [5.41, 5.74) is 0. The molecule has 1 N–H and O–H groups in total. The molecule has 0 aliphatic heterocycles. The number of aromatic nitrogens is 2. The molecule has 0 amide bonds. The quantitative estimate of drug-likeness (QED) is 0.813. The summed E-state index contributed by atoms with van der Waals surface area (Å²) in [6.07, 6.45) is 8.61. The molecule has 2 rings (SSSR count). The summed E-state index contributed by atoms with van der Waals surface area (Å²) in [5.74, 6) is 3.37. The monoisotopic (exact) mass is 297 g/mol. The highest BCUT2D eigenvalue weighted by atomic mass is 35.5. The van der Waals surface area contributed by atoms with E-state index in [1.54, 1.807) is 12.4 Å². The van der Waals surface area contributed by atoms with Crippen molar-refractivity contribution in [1.82, 2.24) is 9.97 Å². The zero-order valence-electron chi connectivity index (χ0n) is 12.3. The third kappa shape index (κ3) is 4.51. The van der Waals surface area contributed by atoms with E-state index in [0.29, 0.717) is 17.7 Å². The predicted molar refractivity (Wildman–Crippen MR) is 82.5 cm³/mol. The number of nitrogens with zero attached hydrogens (tertiary/aromatic N) is 2. The molecule has 5 heteroatoms. The van der Waals surface area contributed by atoms with E-state index in [1.165, 1.54) is 25.7 Å². The fraction of sp³-hybridized carbons (Fsp3) is 0.733. The number of nitrogens with one attached hydrogen (secondary N) is 1. The number of ether oxygens (including phenoxy) is 1. The Morgan fingerprint density at radius 3 is 2.75 bits per heavy atom. The summed E-state index contributed by atoms with van der Waals surface area (Å²) in [6.45, 7) is 4.88. The Balaban J connectivity index is 1.89. The van der Waals surface area contributed by atoms with Crippen molar-refractivity contribution < 1.29 is 4.74 Å². The van der Waals surface area contributed by atoms with E-state index in [2.05, 4.69) is 15.3 Å². The van der Waals surface area contributed by atoms with Gasteiger partial charge in [0.1, 0.15) is 5.82 Å². The fourth-order valence-corrected chi connectivity index (χ4v) is 3.13. The molecule has 1 aromatic heterocycles. The first-order valence-electron chi connectivity index (χ1n) is 7.47. The summed E-state index contributed by atoms with van der Waals surface area (Å²) in [4.78, 5) is 8.58. The SMILES string of the molecule is CC(C)Oc1cncc(NCC2CCCCC2CCl)n1. The highest BCUT2D eigenvalue weighted by Crippen LogP contribution is 2.31. The third-order valence-corrected chi connectivity index (χ3v) is 4.18. The average Bonchev–Trinajstić information content (AvgIpc) is 2.45. The van der Waals surface area contributed by atoms with Crippen molar-refractivity contribution in [1.29, 1.82) is 0 Å². The molecule has 20 heavy (non-hydrogen) atoms. The Bertz CT molecular complexity index is 414. The normalized spacial score (nSPS) is 22.8. The second-order valence-electron chi connectivity index (χ2n) is 5.75. The van der Waals surface area contributed by atoms with Gasteiger partial charge in [0, 0.05) is 12.4 Å². The molecule has 4 nitrogen and oxygen atoms in total. The van der Waals surface area contributed by atoms with Crippen LogP contribution in [0.3, 0.4) is 0 Å². The number of halogens is 1. The van der Waals surface area contributed by atoms with Crippen LogP contribution >= 0.6 is 11.6 Å². The first-order valence-corrected chi connectivity index (χ1v) is 8.01. The van der Waals surface area contributed by atoms with Gasteiger partial charge in [0.05, 0.1) is 18.5 Å². The number of alkyl halides is 1. The van der Waals surface area contributed by atoms with E-state index in [4.69, 9.17) is 16.3 Å². The number of hydrogen-bond donors (Lipinski definition) is 1. The minimum atomic E-state index is 0.110. The highest BCUT2D eigenvalue weighted by Gasteiger charge is 2.24. The van der Waals surface area contributed by atoms with Gasteiger partial charge in [-0.15, -0.1) is 11.6 Å². The Hall–Kier alpha value is -1.03. The van der Waals surface area contributed by atoms with Crippen molar-refractivity contribution in [3.63, 3.8) is 0 Å². The smallest absolute Gasteiger partial charge is 0.234 e. The van der Waals surface area contributed by atoms with Crippen LogP contribution in [0.2, 0.25) is 0 Å². The van der Waals surface area contributed by atoms with Crippen molar-refractivity contribution in [2.45, 2.75) is 45.6 Å². The van der Waals surface area contributed by atoms with Crippen LogP contribution in [0, 0.1) is 11.8 Å². The maximum atomic E-state index is 6.06. The maximum Gasteiger partial charge on any atom is 0.234 e. The van der Waals surface area contributed by atoms with E-state index < -0.39 is 0 Å². The van der Waals surface area contributed by atoms with Crippen LogP contribution in [0.5, 0.6) is 5.88 Å². The molecule has 0 radical (unpaired) electrons. The van der Waals surface area contributed by atoms with Gasteiger partial charge in [-0.3, -0.25) is 4.98 Å². The second kappa shape index (κ2) is 7.67. The molecule has 0 spiro atoms. The Kier molecular flexibility index (Phi) is 5.89. The largest absolute Gasteiger partial charge is 0.474 e. The maximum absolute atomic E-state index is 6.06. The molecule has 0 saturated heterocycles. The van der Waals surface area contributed by atoms with Crippen LogP contribution in [0.1, 0.15) is 39.5 Å². The predicted octanol–water partition coefficient (Wildman–Crippen LogP) is 3.72. The van der Waals surface area contributed by atoms with Gasteiger partial charge in [0.15, 0.2) is 0 Å². The average molecular weight is 298 g/mol. The Labute approximate surface area is 126 Å². The van der Waals surface area contributed by atoms with E-state index in [-0.39, 0.29) is 6.10 Å². The molecule has 1 heterocycles. The number of anilines is 1. The van der Waals surface area contributed by atoms with E-state index in [1.807, 2.05) is 13.8 Å². The van der Waals surface area contributed by atoms with Gasteiger partial charge in [0.2, 0.25) is 5.88 Å². The van der Waals surface area contributed by atoms with E-state index >= 15 is 0 Å². The molecule has 0 aromatic carbocycles. The van der Waals surface area contributed by atoms with Gasteiger partial charge in [-0.05, 0) is 38.5 Å². The fourth-order valence-electron chi connectivity index (χ4n) is 2.72. The van der Waals surface area contributed by atoms with E-state index in [0.717, 1.165) is 18.2 Å². The van der Waals surface area contributed by atoms with E-state index in [9.17, 15) is 0 Å². The number of rotatable bonds is 6. The molecule has 1 aliphatic carbocycles. The summed E-state index contributed by atoms with van der Waals surface area (Å²) >= 11 is 6.06. The van der Waals surface area contributed by atoms with Gasteiger partial charge in [0.25, 0.3) is 0 Å². The van der Waals surface area contributed by atoms with Crippen molar-refractivity contribution in [3.05, 3.63) is 12.4 Å². The Morgan fingerprint density at radius 1 is 1.30 bits per heavy atom. The first-order chi connectivity index (χ1) is 9.69. The van der Waals surface area contributed by atoms with Crippen LogP contribution in [0.15, 0.2) is 12.4 Å². The molecule has 2 unspecified atom stereocenters. The lowest BCUT2D eigenvalue weighted by molar-refractivity contribution is 0.231. The lowest BCUT2D eigenvalue weighted by atomic mass is 9.80. The minimum Gasteiger partial charge on any atom is -0.474 e. The van der Waals surface area contributed by atoms with Crippen LogP contribution in [-0.4, -0.2) is 28.5 Å². The summed E-state index contributed by atoms with van der Waals surface area (Å²) in [5, 5.41) is 3.38. The van der Waals surface area contributed by atoms with Gasteiger partial charge >= 0.3 is 0 Å². The second-order valence-corrected chi connectivity index (χ2v) is 6.06. The Morgan fingerprint density at radius 2 is 2.05 bits per heavy atom. The molecule has 2 atom stereocenters. The molecule has 1 aromatic rings. The van der Waals surface area contributed by atoms with Crippen molar-refractivity contribution in [3.8, 4) is 5.88 Å². The molecule has 1 saturated carbocycles. The molecular formula is C15H24ClN3O. The third-order valence-electron chi connectivity index (χ3n) is 3.78. The summed E-state index contributed by atoms with van der Waals surface area (Å²) in [6, 6.07) is 0. The van der Waals surface area contributed by atoms with Crippen molar-refractivity contribution in [2.24, 2.45) is 11.8 Å². The van der Waals surface area contributed by atoms with Crippen LogP contribution < -0.4 is 10.1 Å². The highest BCUT2D eigenvalue weighted by molar-refractivity contribution is 6.18.